The van der Waals surface area contributed by atoms with Crippen LogP contribution in [0.4, 0.5) is 0 Å². The molecule has 0 N–H and O–H groups in total. The molecular formula is C16H29NO3Si2. The van der Waals surface area contributed by atoms with Crippen LogP contribution in [0.1, 0.15) is 26.2 Å². The highest BCUT2D eigenvalue weighted by Crippen LogP contribution is 2.37. The predicted octanol–water partition coefficient (Wildman–Crippen LogP) is 4.43. The van der Waals surface area contributed by atoms with Gasteiger partial charge in [0.05, 0.1) is 5.92 Å². The van der Waals surface area contributed by atoms with Crippen LogP contribution in [0.5, 0.6) is 0 Å². The molecule has 124 valence electrons. The molecule has 0 radical (unpaired) electrons. The number of hydrogen-bond acceptors (Lipinski definition) is 4. The van der Waals surface area contributed by atoms with Crippen LogP contribution in [0, 0.1) is 23.2 Å². The Hall–Kier alpha value is -1.07. The Morgan fingerprint density at radius 1 is 1.09 bits per heavy atom. The van der Waals surface area contributed by atoms with Crippen LogP contribution in [-0.2, 0) is 13.6 Å². The van der Waals surface area contributed by atoms with Crippen LogP contribution < -0.4 is 0 Å². The number of rotatable bonds is 4. The topological polar surface area (TPSA) is 59.3 Å². The van der Waals surface area contributed by atoms with E-state index >= 15 is 0 Å². The Morgan fingerprint density at radius 2 is 1.64 bits per heavy atom. The fourth-order valence-electron chi connectivity index (χ4n) is 2.60. The first-order chi connectivity index (χ1) is 9.93. The van der Waals surface area contributed by atoms with E-state index in [2.05, 4.69) is 13.0 Å². The van der Waals surface area contributed by atoms with Crippen molar-refractivity contribution in [2.45, 2.75) is 65.5 Å². The molecule has 6 heteroatoms. The van der Waals surface area contributed by atoms with Crippen LogP contribution in [0.3, 0.4) is 0 Å². The predicted molar refractivity (Wildman–Crippen MR) is 93.0 cm³/mol. The summed E-state index contributed by atoms with van der Waals surface area (Å²) in [7, 11) is -3.81. The largest absolute Gasteiger partial charge is 0.537 e. The molecule has 1 saturated carbocycles. The van der Waals surface area contributed by atoms with E-state index in [1.165, 1.54) is 0 Å². The summed E-state index contributed by atoms with van der Waals surface area (Å²) in [6.45, 7) is 14.3. The van der Waals surface area contributed by atoms with Crippen molar-refractivity contribution in [2.24, 2.45) is 11.8 Å². The van der Waals surface area contributed by atoms with Gasteiger partial charge in [0.25, 0.3) is 5.97 Å². The molecule has 0 heterocycles. The van der Waals surface area contributed by atoms with Gasteiger partial charge in [0.2, 0.25) is 16.6 Å². The molecular weight excluding hydrogens is 310 g/mol. The summed E-state index contributed by atoms with van der Waals surface area (Å²) in [5.74, 6) is 0.352. The molecule has 0 saturated heterocycles. The van der Waals surface area contributed by atoms with Crippen LogP contribution in [0.25, 0.3) is 0 Å². The highest BCUT2D eigenvalue weighted by Gasteiger charge is 2.36. The molecule has 0 unspecified atom stereocenters. The molecule has 22 heavy (non-hydrogen) atoms. The second kappa shape index (κ2) is 7.01. The molecule has 0 spiro atoms. The monoisotopic (exact) mass is 339 g/mol. The van der Waals surface area contributed by atoms with Crippen molar-refractivity contribution in [1.82, 2.24) is 0 Å². The van der Waals surface area contributed by atoms with E-state index in [1.54, 1.807) is 0 Å². The fourth-order valence-corrected chi connectivity index (χ4v) is 4.13. The summed E-state index contributed by atoms with van der Waals surface area (Å²) >= 11 is 0. The summed E-state index contributed by atoms with van der Waals surface area (Å²) in [6.07, 6.45) is 2.49. The highest BCUT2D eigenvalue weighted by molar-refractivity contribution is 6.71. The van der Waals surface area contributed by atoms with Crippen LogP contribution >= 0.6 is 0 Å². The van der Waals surface area contributed by atoms with Gasteiger partial charge in [0.15, 0.2) is 5.76 Å². The third-order valence-electron chi connectivity index (χ3n) is 3.43. The molecule has 1 rings (SSSR count). The van der Waals surface area contributed by atoms with Gasteiger partial charge in [0, 0.05) is 0 Å². The zero-order chi connectivity index (χ0) is 17.1. The zero-order valence-electron chi connectivity index (χ0n) is 14.9. The summed E-state index contributed by atoms with van der Waals surface area (Å²) < 4.78 is 11.6. The Labute approximate surface area is 136 Å². The minimum atomic E-state index is -1.93. The van der Waals surface area contributed by atoms with Gasteiger partial charge in [0.1, 0.15) is 6.07 Å². The van der Waals surface area contributed by atoms with Crippen molar-refractivity contribution >= 4 is 22.6 Å². The summed E-state index contributed by atoms with van der Waals surface area (Å²) in [6, 6.07) is 2.19. The Morgan fingerprint density at radius 3 is 2.09 bits per heavy atom. The van der Waals surface area contributed by atoms with Crippen molar-refractivity contribution in [1.29, 1.82) is 5.26 Å². The van der Waals surface area contributed by atoms with Gasteiger partial charge in [-0.3, -0.25) is 4.79 Å². The van der Waals surface area contributed by atoms with E-state index in [9.17, 15) is 10.1 Å². The van der Waals surface area contributed by atoms with Gasteiger partial charge in [-0.2, -0.15) is 5.26 Å². The maximum Gasteiger partial charge on any atom is 0.299 e. The van der Waals surface area contributed by atoms with Gasteiger partial charge in [-0.05, 0) is 70.0 Å². The maximum atomic E-state index is 12.5. The van der Waals surface area contributed by atoms with Gasteiger partial charge in [-0.1, -0.05) is 6.92 Å². The first-order valence-corrected chi connectivity index (χ1v) is 14.8. The minimum absolute atomic E-state index is 0.173. The Kier molecular flexibility index (Phi) is 6.05. The van der Waals surface area contributed by atoms with Gasteiger partial charge in [-0.25, -0.2) is 0 Å². The second-order valence-electron chi connectivity index (χ2n) is 8.15. The lowest BCUT2D eigenvalue weighted by atomic mass is 9.78. The molecule has 0 bridgehead atoms. The Balaban J connectivity index is 3.13. The van der Waals surface area contributed by atoms with E-state index in [4.69, 9.17) is 8.85 Å². The Bertz CT molecular complexity index is 495. The number of carbonyl (C=O) groups is 1. The number of carbonyl (C=O) groups excluding carboxylic acids is 1. The third kappa shape index (κ3) is 5.97. The molecule has 0 amide bonds. The fraction of sp³-hybridized carbons (Fsp3) is 0.750. The SMILES string of the molecule is C[C@H]1CC[C@H](C(=O)O[Si](C)(C)C)/C(=C(\C#N)O[Si](C)(C)C)C1. The van der Waals surface area contributed by atoms with Crippen molar-refractivity contribution in [2.75, 3.05) is 0 Å². The smallest absolute Gasteiger partial charge is 0.299 e. The minimum Gasteiger partial charge on any atom is -0.537 e. The first-order valence-electron chi connectivity index (χ1n) is 7.98. The maximum absolute atomic E-state index is 12.5. The van der Waals surface area contributed by atoms with Crippen LogP contribution in [0.2, 0.25) is 39.3 Å². The summed E-state index contributed by atoms with van der Waals surface area (Å²) in [5, 5.41) is 9.51. The van der Waals surface area contributed by atoms with Gasteiger partial charge >= 0.3 is 0 Å². The lowest BCUT2D eigenvalue weighted by molar-refractivity contribution is -0.139. The summed E-state index contributed by atoms with van der Waals surface area (Å²) in [4.78, 5) is 12.5. The number of allylic oxidation sites excluding steroid dienone is 1. The van der Waals surface area contributed by atoms with Crippen molar-refractivity contribution in [3.63, 3.8) is 0 Å². The summed E-state index contributed by atoms with van der Waals surface area (Å²) in [5.41, 5.74) is 0.854. The highest BCUT2D eigenvalue weighted by atomic mass is 28.4. The van der Waals surface area contributed by atoms with Crippen molar-refractivity contribution in [3.8, 4) is 6.07 Å². The molecule has 0 aromatic heterocycles. The molecule has 4 nitrogen and oxygen atoms in total. The average molecular weight is 340 g/mol. The zero-order valence-corrected chi connectivity index (χ0v) is 16.9. The number of hydrogen-bond donors (Lipinski definition) is 0. The molecule has 0 aliphatic heterocycles. The molecule has 1 aliphatic carbocycles. The number of nitrogens with zero attached hydrogens (tertiary/aromatic N) is 1. The van der Waals surface area contributed by atoms with E-state index in [0.29, 0.717) is 11.7 Å². The van der Waals surface area contributed by atoms with E-state index in [-0.39, 0.29) is 11.9 Å². The van der Waals surface area contributed by atoms with Gasteiger partial charge < -0.3 is 8.85 Å². The average Bonchev–Trinajstić information content (AvgIpc) is 2.32. The van der Waals surface area contributed by atoms with E-state index in [0.717, 1.165) is 24.8 Å². The lowest BCUT2D eigenvalue weighted by Crippen LogP contribution is -2.36. The molecule has 1 aliphatic rings. The normalized spacial score (nSPS) is 25.2. The molecule has 1 fully saturated rings. The first kappa shape index (κ1) is 19.0. The lowest BCUT2D eigenvalue weighted by Gasteiger charge is -2.32. The third-order valence-corrected chi connectivity index (χ3v) is 5.06. The second-order valence-corrected chi connectivity index (χ2v) is 17.0. The molecule has 0 aromatic carbocycles. The molecule has 2 atom stereocenters. The van der Waals surface area contributed by atoms with Crippen LogP contribution in [-0.4, -0.2) is 22.6 Å². The number of nitriles is 1. The standard InChI is InChI=1S/C16H29NO3Si2/c1-12-8-9-13(16(18)20-22(5,6)7)14(10-12)15(11-17)19-21(2,3)4/h12-13H,8-10H2,1-7H3/b15-14+/t12-,13-/m0/s1. The van der Waals surface area contributed by atoms with Crippen molar-refractivity contribution < 1.29 is 13.6 Å². The van der Waals surface area contributed by atoms with E-state index in [1.807, 2.05) is 39.3 Å². The van der Waals surface area contributed by atoms with Crippen molar-refractivity contribution in [3.05, 3.63) is 11.3 Å². The van der Waals surface area contributed by atoms with Crippen LogP contribution in [0.15, 0.2) is 11.3 Å². The quantitative estimate of drug-likeness (QED) is 0.432. The molecule has 0 aromatic rings. The van der Waals surface area contributed by atoms with E-state index < -0.39 is 16.6 Å². The van der Waals surface area contributed by atoms with Gasteiger partial charge in [-0.15, -0.1) is 0 Å².